The molecule has 0 aromatic heterocycles. The molecular formula is C15H19FO. The van der Waals surface area contributed by atoms with E-state index in [1.807, 2.05) is 0 Å². The lowest BCUT2D eigenvalue weighted by atomic mass is 9.68. The Kier molecular flexibility index (Phi) is 2.42. The summed E-state index contributed by atoms with van der Waals surface area (Å²) in [6, 6.07) is 4.97. The summed E-state index contributed by atoms with van der Waals surface area (Å²) in [6.45, 7) is 4.44. The summed E-state index contributed by atoms with van der Waals surface area (Å²) in [4.78, 5) is 0. The zero-order chi connectivity index (χ0) is 12.0. The van der Waals surface area contributed by atoms with E-state index in [0.29, 0.717) is 11.8 Å². The van der Waals surface area contributed by atoms with E-state index >= 15 is 0 Å². The topological polar surface area (TPSA) is 9.23 Å². The second-order valence-electron chi connectivity index (χ2n) is 5.88. The fraction of sp³-hybridized carbons (Fsp3) is 0.600. The number of rotatable bonds is 1. The Labute approximate surface area is 102 Å². The lowest BCUT2D eigenvalue weighted by Crippen LogP contribution is -2.47. The van der Waals surface area contributed by atoms with Gasteiger partial charge in [0.05, 0.1) is 0 Å². The lowest BCUT2D eigenvalue weighted by Gasteiger charge is -2.49. The van der Waals surface area contributed by atoms with Crippen molar-refractivity contribution in [1.82, 2.24) is 0 Å². The molecule has 1 heterocycles. The number of hydrogen-bond donors (Lipinski definition) is 0. The van der Waals surface area contributed by atoms with Gasteiger partial charge in [-0.15, -0.1) is 0 Å². The Balaban J connectivity index is 2.02. The summed E-state index contributed by atoms with van der Waals surface area (Å²) in [7, 11) is 0. The number of halogens is 1. The Bertz CT molecular complexity index is 435. The van der Waals surface area contributed by atoms with E-state index in [2.05, 4.69) is 13.8 Å². The highest BCUT2D eigenvalue weighted by molar-refractivity contribution is 5.40. The van der Waals surface area contributed by atoms with Crippen LogP contribution in [0.25, 0.3) is 0 Å². The van der Waals surface area contributed by atoms with Crippen LogP contribution in [0.15, 0.2) is 18.2 Å². The van der Waals surface area contributed by atoms with Crippen molar-refractivity contribution in [3.05, 3.63) is 29.6 Å². The number of hydrogen-bond acceptors (Lipinski definition) is 1. The largest absolute Gasteiger partial charge is 0.487 e. The lowest BCUT2D eigenvalue weighted by molar-refractivity contribution is -0.0381. The fourth-order valence-electron chi connectivity index (χ4n) is 3.16. The van der Waals surface area contributed by atoms with Gasteiger partial charge in [-0.2, -0.15) is 0 Å². The summed E-state index contributed by atoms with van der Waals surface area (Å²) in [5, 5.41) is 0. The van der Waals surface area contributed by atoms with E-state index < -0.39 is 0 Å². The first kappa shape index (κ1) is 11.1. The third kappa shape index (κ3) is 1.74. The molecule has 0 radical (unpaired) electrons. The first-order chi connectivity index (χ1) is 8.10. The molecule has 1 aliphatic heterocycles. The van der Waals surface area contributed by atoms with Gasteiger partial charge < -0.3 is 4.74 Å². The minimum absolute atomic E-state index is 0.0692. The first-order valence-corrected chi connectivity index (χ1v) is 6.58. The van der Waals surface area contributed by atoms with Crippen molar-refractivity contribution in [3.63, 3.8) is 0 Å². The van der Waals surface area contributed by atoms with E-state index in [-0.39, 0.29) is 11.4 Å². The van der Waals surface area contributed by atoms with Crippen LogP contribution < -0.4 is 4.74 Å². The third-order valence-electron chi connectivity index (χ3n) is 4.36. The fourth-order valence-corrected chi connectivity index (χ4v) is 3.16. The van der Waals surface area contributed by atoms with Crippen LogP contribution in [0.5, 0.6) is 5.75 Å². The summed E-state index contributed by atoms with van der Waals surface area (Å²) in [5.41, 5.74) is 1.14. The van der Waals surface area contributed by atoms with Gasteiger partial charge in [-0.1, -0.05) is 13.8 Å². The SMILES string of the molecule is CC(C)C1CC2(CCC2)Oc2ccc(F)cc21. The molecule has 2 heteroatoms. The van der Waals surface area contributed by atoms with Crippen molar-refractivity contribution in [2.75, 3.05) is 0 Å². The van der Waals surface area contributed by atoms with Crippen LogP contribution in [0.3, 0.4) is 0 Å². The van der Waals surface area contributed by atoms with Crippen LogP contribution in [0, 0.1) is 11.7 Å². The molecule has 92 valence electrons. The van der Waals surface area contributed by atoms with Gasteiger partial charge in [0, 0.05) is 5.56 Å². The van der Waals surface area contributed by atoms with E-state index in [4.69, 9.17) is 4.74 Å². The maximum absolute atomic E-state index is 13.4. The second-order valence-corrected chi connectivity index (χ2v) is 5.88. The zero-order valence-electron chi connectivity index (χ0n) is 10.5. The monoisotopic (exact) mass is 234 g/mol. The van der Waals surface area contributed by atoms with Gasteiger partial charge in [0.1, 0.15) is 17.2 Å². The van der Waals surface area contributed by atoms with Gasteiger partial charge >= 0.3 is 0 Å². The Morgan fingerprint density at radius 3 is 2.71 bits per heavy atom. The van der Waals surface area contributed by atoms with E-state index in [0.717, 1.165) is 30.6 Å². The van der Waals surface area contributed by atoms with Crippen molar-refractivity contribution >= 4 is 0 Å². The quantitative estimate of drug-likeness (QED) is 0.705. The van der Waals surface area contributed by atoms with Gasteiger partial charge in [0.15, 0.2) is 0 Å². The maximum Gasteiger partial charge on any atom is 0.123 e. The van der Waals surface area contributed by atoms with Crippen LogP contribution in [0.2, 0.25) is 0 Å². The Morgan fingerprint density at radius 2 is 2.12 bits per heavy atom. The summed E-state index contributed by atoms with van der Waals surface area (Å²) >= 11 is 0. The number of ether oxygens (including phenoxy) is 1. The Morgan fingerprint density at radius 1 is 1.35 bits per heavy atom. The molecule has 1 aromatic carbocycles. The third-order valence-corrected chi connectivity index (χ3v) is 4.36. The molecule has 17 heavy (non-hydrogen) atoms. The number of fused-ring (bicyclic) bond motifs is 1. The van der Waals surface area contributed by atoms with Gasteiger partial charge in [-0.05, 0) is 55.7 Å². The molecule has 1 saturated carbocycles. The molecule has 1 aromatic rings. The highest BCUT2D eigenvalue weighted by atomic mass is 19.1. The molecule has 1 aliphatic carbocycles. The zero-order valence-corrected chi connectivity index (χ0v) is 10.5. The average molecular weight is 234 g/mol. The molecule has 3 rings (SSSR count). The molecule has 1 unspecified atom stereocenters. The summed E-state index contributed by atoms with van der Waals surface area (Å²) in [6.07, 6.45) is 4.64. The van der Waals surface area contributed by atoms with Crippen molar-refractivity contribution in [2.24, 2.45) is 5.92 Å². The predicted molar refractivity (Wildman–Crippen MR) is 65.8 cm³/mol. The van der Waals surface area contributed by atoms with E-state index in [1.54, 1.807) is 12.1 Å². The molecule has 1 fully saturated rings. The van der Waals surface area contributed by atoms with Gasteiger partial charge in [-0.3, -0.25) is 0 Å². The summed E-state index contributed by atoms with van der Waals surface area (Å²) < 4.78 is 19.5. The smallest absolute Gasteiger partial charge is 0.123 e. The maximum atomic E-state index is 13.4. The Hall–Kier alpha value is -1.05. The van der Waals surface area contributed by atoms with Crippen LogP contribution >= 0.6 is 0 Å². The van der Waals surface area contributed by atoms with Crippen molar-refractivity contribution < 1.29 is 9.13 Å². The van der Waals surface area contributed by atoms with Crippen molar-refractivity contribution in [1.29, 1.82) is 0 Å². The molecular weight excluding hydrogens is 215 g/mol. The molecule has 1 atom stereocenters. The van der Waals surface area contributed by atoms with Crippen LogP contribution in [-0.2, 0) is 0 Å². The molecule has 0 amide bonds. The molecule has 0 N–H and O–H groups in total. The number of benzene rings is 1. The van der Waals surface area contributed by atoms with Crippen molar-refractivity contribution in [3.8, 4) is 5.75 Å². The van der Waals surface area contributed by atoms with E-state index in [1.165, 1.54) is 12.5 Å². The molecule has 1 nitrogen and oxygen atoms in total. The minimum Gasteiger partial charge on any atom is -0.487 e. The molecule has 1 spiro atoms. The standard InChI is InChI=1S/C15H19FO/c1-10(2)13-9-15(6-3-7-15)17-14-5-4-11(16)8-12(13)14/h4-5,8,10,13H,3,6-7,9H2,1-2H3. The molecule has 0 saturated heterocycles. The normalized spacial score (nSPS) is 25.3. The van der Waals surface area contributed by atoms with Crippen LogP contribution in [0.4, 0.5) is 4.39 Å². The van der Waals surface area contributed by atoms with Crippen LogP contribution in [0.1, 0.15) is 51.0 Å². The first-order valence-electron chi connectivity index (χ1n) is 6.58. The van der Waals surface area contributed by atoms with Crippen molar-refractivity contribution in [2.45, 2.75) is 51.0 Å². The van der Waals surface area contributed by atoms with Crippen LogP contribution in [-0.4, -0.2) is 5.60 Å². The average Bonchev–Trinajstić information content (AvgIpc) is 2.25. The highest BCUT2D eigenvalue weighted by Gasteiger charge is 2.46. The molecule has 2 aliphatic rings. The second kappa shape index (κ2) is 3.72. The van der Waals surface area contributed by atoms with E-state index in [9.17, 15) is 4.39 Å². The highest BCUT2D eigenvalue weighted by Crippen LogP contribution is 2.51. The predicted octanol–water partition coefficient (Wildman–Crippen LogP) is 4.27. The van der Waals surface area contributed by atoms with Gasteiger partial charge in [0.2, 0.25) is 0 Å². The summed E-state index contributed by atoms with van der Waals surface area (Å²) in [5.74, 6) is 1.74. The minimum atomic E-state index is -0.150. The molecule has 0 bridgehead atoms. The van der Waals surface area contributed by atoms with Gasteiger partial charge in [0.25, 0.3) is 0 Å². The van der Waals surface area contributed by atoms with Gasteiger partial charge in [-0.25, -0.2) is 4.39 Å².